The highest BCUT2D eigenvalue weighted by molar-refractivity contribution is 6.53. The second kappa shape index (κ2) is 10.8. The van der Waals surface area contributed by atoms with Gasteiger partial charge in [0.05, 0.1) is 29.0 Å². The predicted molar refractivity (Wildman–Crippen MR) is 140 cm³/mol. The van der Waals surface area contributed by atoms with Gasteiger partial charge in [0.1, 0.15) is 4.33 Å². The Balaban J connectivity index is 1.35. The predicted octanol–water partition coefficient (Wildman–Crippen LogP) is 6.11. The molecule has 1 aliphatic carbocycles. The zero-order chi connectivity index (χ0) is 28.0. The van der Waals surface area contributed by atoms with Gasteiger partial charge in [0.15, 0.2) is 0 Å². The molecule has 0 aromatic heterocycles. The van der Waals surface area contributed by atoms with E-state index in [1.54, 1.807) is 12.1 Å². The Morgan fingerprint density at radius 2 is 1.76 bits per heavy atom. The number of aryl methyl sites for hydroxylation is 1. The van der Waals surface area contributed by atoms with Crippen molar-refractivity contribution in [3.05, 3.63) is 63.1 Å². The Hall–Kier alpha value is -2.20. The SMILES string of the molecule is Cc1cc(Cl)cc(C2C(C(=O)Nc3ccc(Cl)c(C(=O)NC4CN(C(=O)CCC(F)(F)F)C4)c3)C2(Cl)Cl)c1. The maximum absolute atomic E-state index is 13.0. The van der Waals surface area contributed by atoms with Crippen molar-refractivity contribution >= 4 is 69.8 Å². The molecular formula is C25H22Cl4F3N3O3. The summed E-state index contributed by atoms with van der Waals surface area (Å²) in [6.45, 7) is 2.05. The van der Waals surface area contributed by atoms with Crippen LogP contribution in [-0.4, -0.2) is 52.3 Å². The van der Waals surface area contributed by atoms with Crippen molar-refractivity contribution in [2.45, 2.75) is 42.2 Å². The quantitative estimate of drug-likeness (QED) is 0.371. The van der Waals surface area contributed by atoms with Crippen molar-refractivity contribution in [2.75, 3.05) is 18.4 Å². The molecule has 1 saturated heterocycles. The molecule has 1 aliphatic heterocycles. The fourth-order valence-electron chi connectivity index (χ4n) is 4.45. The fourth-order valence-corrected chi connectivity index (χ4v) is 5.78. The summed E-state index contributed by atoms with van der Waals surface area (Å²) in [6.07, 6.45) is -6.24. The van der Waals surface area contributed by atoms with Gasteiger partial charge in [0.25, 0.3) is 5.91 Å². The Kier molecular flexibility index (Phi) is 8.15. The molecule has 0 bridgehead atoms. The van der Waals surface area contributed by atoms with E-state index < -0.39 is 59.0 Å². The van der Waals surface area contributed by atoms with E-state index in [-0.39, 0.29) is 23.7 Å². The average molecular weight is 611 g/mol. The first-order valence-electron chi connectivity index (χ1n) is 11.6. The minimum Gasteiger partial charge on any atom is -0.346 e. The van der Waals surface area contributed by atoms with Gasteiger partial charge in [-0.15, -0.1) is 23.2 Å². The molecule has 1 heterocycles. The third kappa shape index (κ3) is 6.50. The van der Waals surface area contributed by atoms with Gasteiger partial charge in [-0.1, -0.05) is 29.3 Å². The Morgan fingerprint density at radius 1 is 1.08 bits per heavy atom. The number of nitrogens with zero attached hydrogens (tertiary/aromatic N) is 1. The summed E-state index contributed by atoms with van der Waals surface area (Å²) < 4.78 is 35.6. The summed E-state index contributed by atoms with van der Waals surface area (Å²) in [5.74, 6) is -2.86. The molecule has 4 rings (SSSR count). The van der Waals surface area contributed by atoms with Crippen LogP contribution in [0.5, 0.6) is 0 Å². The lowest BCUT2D eigenvalue weighted by Crippen LogP contribution is -2.61. The van der Waals surface area contributed by atoms with Gasteiger partial charge < -0.3 is 15.5 Å². The number of carbonyl (C=O) groups excluding carboxylic acids is 3. The molecule has 0 spiro atoms. The normalized spacial score (nSPS) is 20.5. The molecule has 2 fully saturated rings. The van der Waals surface area contributed by atoms with Crippen molar-refractivity contribution in [1.82, 2.24) is 10.2 Å². The van der Waals surface area contributed by atoms with Gasteiger partial charge in [0, 0.05) is 36.1 Å². The molecule has 2 atom stereocenters. The highest BCUT2D eigenvalue weighted by atomic mass is 35.5. The first-order chi connectivity index (χ1) is 17.7. The lowest BCUT2D eigenvalue weighted by molar-refractivity contribution is -0.151. The average Bonchev–Trinajstić information content (AvgIpc) is 3.36. The van der Waals surface area contributed by atoms with Gasteiger partial charge in [-0.05, 0) is 48.4 Å². The summed E-state index contributed by atoms with van der Waals surface area (Å²) in [5.41, 5.74) is 2.00. The second-order valence-electron chi connectivity index (χ2n) is 9.46. The minimum absolute atomic E-state index is 0.0761. The molecular weight excluding hydrogens is 589 g/mol. The maximum Gasteiger partial charge on any atom is 0.389 e. The number of anilines is 1. The largest absolute Gasteiger partial charge is 0.389 e. The molecule has 13 heteroatoms. The van der Waals surface area contributed by atoms with Crippen LogP contribution in [0.3, 0.4) is 0 Å². The number of nitrogens with one attached hydrogen (secondary N) is 2. The topological polar surface area (TPSA) is 78.5 Å². The second-order valence-corrected chi connectivity index (χ2v) is 11.7. The Morgan fingerprint density at radius 3 is 2.39 bits per heavy atom. The van der Waals surface area contributed by atoms with Crippen molar-refractivity contribution in [3.63, 3.8) is 0 Å². The standard InChI is InChI=1S/C25H22Cl4F3N3O3/c1-12-6-13(8-14(26)7-12)20-21(25(20,28)29)23(38)33-15-2-3-18(27)17(9-15)22(37)34-16-10-35(11-16)19(36)4-5-24(30,31)32/h2-3,6-9,16,20-21H,4-5,10-11H2,1H3,(H,33,38)(H,34,37). The van der Waals surface area contributed by atoms with E-state index in [4.69, 9.17) is 46.4 Å². The van der Waals surface area contributed by atoms with Crippen LogP contribution in [0.25, 0.3) is 0 Å². The van der Waals surface area contributed by atoms with Crippen LogP contribution in [0.4, 0.5) is 18.9 Å². The van der Waals surface area contributed by atoms with Crippen molar-refractivity contribution in [1.29, 1.82) is 0 Å². The zero-order valence-corrected chi connectivity index (χ0v) is 22.9. The molecule has 2 unspecified atom stereocenters. The number of hydrogen-bond donors (Lipinski definition) is 2. The molecule has 2 aromatic rings. The zero-order valence-electron chi connectivity index (χ0n) is 19.8. The third-order valence-electron chi connectivity index (χ3n) is 6.43. The summed E-state index contributed by atoms with van der Waals surface area (Å²) in [6, 6.07) is 9.27. The Labute approximate surface area is 236 Å². The van der Waals surface area contributed by atoms with Gasteiger partial charge in [-0.2, -0.15) is 13.2 Å². The highest BCUT2D eigenvalue weighted by Gasteiger charge is 2.67. The molecule has 1 saturated carbocycles. The summed E-state index contributed by atoms with van der Waals surface area (Å²) in [7, 11) is 0. The molecule has 3 amide bonds. The van der Waals surface area contributed by atoms with Gasteiger partial charge in [0.2, 0.25) is 11.8 Å². The molecule has 2 aliphatic rings. The minimum atomic E-state index is -4.41. The fraction of sp³-hybridized carbons (Fsp3) is 0.400. The van der Waals surface area contributed by atoms with E-state index in [1.807, 2.05) is 13.0 Å². The number of likely N-dealkylation sites (tertiary alicyclic amines) is 1. The lowest BCUT2D eigenvalue weighted by atomic mass is 10.1. The van der Waals surface area contributed by atoms with Crippen LogP contribution >= 0.6 is 46.4 Å². The summed E-state index contributed by atoms with van der Waals surface area (Å²) >= 11 is 25.2. The number of halogens is 7. The third-order valence-corrected chi connectivity index (χ3v) is 7.92. The van der Waals surface area contributed by atoms with E-state index in [9.17, 15) is 27.6 Å². The van der Waals surface area contributed by atoms with E-state index >= 15 is 0 Å². The van der Waals surface area contributed by atoms with Crippen LogP contribution in [-0.2, 0) is 9.59 Å². The number of amides is 3. The lowest BCUT2D eigenvalue weighted by Gasteiger charge is -2.39. The first-order valence-corrected chi connectivity index (χ1v) is 13.1. The Bertz CT molecular complexity index is 1260. The van der Waals surface area contributed by atoms with E-state index in [0.717, 1.165) is 11.1 Å². The van der Waals surface area contributed by atoms with Gasteiger partial charge in [-0.25, -0.2) is 0 Å². The molecule has 38 heavy (non-hydrogen) atoms. The van der Waals surface area contributed by atoms with E-state index in [1.165, 1.54) is 23.1 Å². The molecule has 6 nitrogen and oxygen atoms in total. The number of alkyl halides is 5. The van der Waals surface area contributed by atoms with Crippen LogP contribution in [0, 0.1) is 12.8 Å². The number of hydrogen-bond acceptors (Lipinski definition) is 3. The van der Waals surface area contributed by atoms with Crippen molar-refractivity contribution < 1.29 is 27.6 Å². The van der Waals surface area contributed by atoms with E-state index in [2.05, 4.69) is 10.6 Å². The number of carbonyl (C=O) groups is 3. The van der Waals surface area contributed by atoms with Gasteiger partial charge >= 0.3 is 6.18 Å². The van der Waals surface area contributed by atoms with Crippen molar-refractivity contribution in [2.24, 2.45) is 5.92 Å². The summed E-state index contributed by atoms with van der Waals surface area (Å²) in [5, 5.41) is 6.04. The van der Waals surface area contributed by atoms with Crippen LogP contribution in [0.2, 0.25) is 10.0 Å². The maximum atomic E-state index is 13.0. The molecule has 2 aromatic carbocycles. The van der Waals surface area contributed by atoms with Crippen LogP contribution in [0.15, 0.2) is 36.4 Å². The smallest absolute Gasteiger partial charge is 0.346 e. The van der Waals surface area contributed by atoms with Crippen molar-refractivity contribution in [3.8, 4) is 0 Å². The monoisotopic (exact) mass is 609 g/mol. The highest BCUT2D eigenvalue weighted by Crippen LogP contribution is 2.65. The van der Waals surface area contributed by atoms with Gasteiger partial charge in [-0.3, -0.25) is 14.4 Å². The number of benzene rings is 2. The summed E-state index contributed by atoms with van der Waals surface area (Å²) in [4.78, 5) is 38.9. The molecule has 204 valence electrons. The molecule has 0 radical (unpaired) electrons. The number of rotatable bonds is 7. The van der Waals surface area contributed by atoms with E-state index in [0.29, 0.717) is 10.7 Å². The first kappa shape index (κ1) is 28.8. The van der Waals surface area contributed by atoms with Crippen LogP contribution < -0.4 is 10.6 Å². The van der Waals surface area contributed by atoms with Crippen LogP contribution in [0.1, 0.15) is 40.2 Å². The molecule has 2 N–H and O–H groups in total.